The lowest BCUT2D eigenvalue weighted by Crippen LogP contribution is -2.34. The van der Waals surface area contributed by atoms with Crippen LogP contribution in [0.4, 0.5) is 10.5 Å². The number of aromatic nitrogens is 1. The lowest BCUT2D eigenvalue weighted by molar-refractivity contribution is 0.206. The van der Waals surface area contributed by atoms with Crippen LogP contribution in [0.1, 0.15) is 35.9 Å². The lowest BCUT2D eigenvalue weighted by Gasteiger charge is -2.25. The molecule has 1 saturated heterocycles. The van der Waals surface area contributed by atoms with Gasteiger partial charge in [-0.15, -0.1) is 0 Å². The van der Waals surface area contributed by atoms with Gasteiger partial charge >= 0.3 is 6.03 Å². The van der Waals surface area contributed by atoms with Crippen molar-refractivity contribution in [3.8, 4) is 0 Å². The summed E-state index contributed by atoms with van der Waals surface area (Å²) in [5.41, 5.74) is 2.74. The number of carbonyl (C=O) groups excluding carboxylic acids is 1. The molecule has 0 unspecified atom stereocenters. The summed E-state index contributed by atoms with van der Waals surface area (Å²) in [5, 5.41) is 6.96. The van der Waals surface area contributed by atoms with Gasteiger partial charge in [-0.1, -0.05) is 23.4 Å². The van der Waals surface area contributed by atoms with Crippen molar-refractivity contribution < 1.29 is 9.32 Å². The second kappa shape index (κ2) is 5.60. The summed E-state index contributed by atoms with van der Waals surface area (Å²) in [6, 6.07) is 9.51. The molecule has 0 saturated carbocycles. The van der Waals surface area contributed by atoms with E-state index in [1.54, 1.807) is 0 Å². The number of benzene rings is 1. The first-order chi connectivity index (χ1) is 10.2. The quantitative estimate of drug-likeness (QED) is 0.916. The topological polar surface area (TPSA) is 58.4 Å². The fourth-order valence-corrected chi connectivity index (χ4v) is 2.99. The molecule has 5 heteroatoms. The largest absolute Gasteiger partial charge is 0.361 e. The van der Waals surface area contributed by atoms with Crippen LogP contribution in [-0.4, -0.2) is 22.6 Å². The maximum Gasteiger partial charge on any atom is 0.322 e. The smallest absolute Gasteiger partial charge is 0.322 e. The molecule has 110 valence electrons. The fraction of sp³-hybridized carbons (Fsp3) is 0.375. The summed E-state index contributed by atoms with van der Waals surface area (Å²) in [6.45, 7) is 4.59. The van der Waals surface area contributed by atoms with Crippen molar-refractivity contribution in [1.29, 1.82) is 0 Å². The summed E-state index contributed by atoms with van der Waals surface area (Å²) < 4.78 is 5.25. The molecule has 1 aliphatic rings. The van der Waals surface area contributed by atoms with Gasteiger partial charge < -0.3 is 14.7 Å². The number of anilines is 1. The molecule has 0 bridgehead atoms. The van der Waals surface area contributed by atoms with Crippen molar-refractivity contribution in [3.05, 3.63) is 47.3 Å². The minimum atomic E-state index is -0.0660. The average molecular weight is 285 g/mol. The molecule has 1 aliphatic heterocycles. The van der Waals surface area contributed by atoms with E-state index in [9.17, 15) is 4.79 Å². The summed E-state index contributed by atoms with van der Waals surface area (Å²) in [5.74, 6) is 0.803. The normalized spacial score (nSPS) is 18.0. The monoisotopic (exact) mass is 285 g/mol. The second-order valence-corrected chi connectivity index (χ2v) is 5.39. The van der Waals surface area contributed by atoms with Crippen molar-refractivity contribution in [1.82, 2.24) is 10.1 Å². The van der Waals surface area contributed by atoms with Crippen LogP contribution in [0.15, 0.2) is 34.9 Å². The minimum absolute atomic E-state index is 0.0555. The zero-order valence-corrected chi connectivity index (χ0v) is 12.3. The van der Waals surface area contributed by atoms with Gasteiger partial charge in [-0.25, -0.2) is 4.79 Å². The van der Waals surface area contributed by atoms with Gasteiger partial charge in [0, 0.05) is 17.8 Å². The standard InChI is InChI=1S/C16H19N3O2/c1-11-15(12(2)21-18-11)14-9-6-10-19(14)16(20)17-13-7-4-3-5-8-13/h3-5,7-8,14H,6,9-10H2,1-2H3,(H,17,20)/t14-/m0/s1. The molecular formula is C16H19N3O2. The van der Waals surface area contributed by atoms with Gasteiger partial charge in [-0.3, -0.25) is 0 Å². The third-order valence-corrected chi connectivity index (χ3v) is 3.96. The van der Waals surface area contributed by atoms with Crippen LogP contribution in [-0.2, 0) is 0 Å². The third kappa shape index (κ3) is 2.63. The van der Waals surface area contributed by atoms with E-state index in [4.69, 9.17) is 4.52 Å². The number of nitrogens with zero attached hydrogens (tertiary/aromatic N) is 2. The Balaban J connectivity index is 1.80. The van der Waals surface area contributed by atoms with Crippen LogP contribution in [0, 0.1) is 13.8 Å². The van der Waals surface area contributed by atoms with Crippen LogP contribution in [0.3, 0.4) is 0 Å². The molecule has 0 radical (unpaired) electrons. The van der Waals surface area contributed by atoms with Crippen molar-refractivity contribution in [3.63, 3.8) is 0 Å². The SMILES string of the molecule is Cc1noc(C)c1[C@@H]1CCCN1C(=O)Nc1ccccc1. The Bertz CT molecular complexity index is 617. The number of rotatable bonds is 2. The summed E-state index contributed by atoms with van der Waals surface area (Å²) in [7, 11) is 0. The second-order valence-electron chi connectivity index (χ2n) is 5.39. The zero-order valence-electron chi connectivity index (χ0n) is 12.3. The van der Waals surface area contributed by atoms with Crippen molar-refractivity contribution in [2.75, 3.05) is 11.9 Å². The van der Waals surface area contributed by atoms with E-state index in [-0.39, 0.29) is 12.1 Å². The zero-order chi connectivity index (χ0) is 14.8. The molecule has 5 nitrogen and oxygen atoms in total. The molecule has 1 atom stereocenters. The highest BCUT2D eigenvalue weighted by molar-refractivity contribution is 5.89. The lowest BCUT2D eigenvalue weighted by atomic mass is 10.0. The Morgan fingerprint density at radius 1 is 1.33 bits per heavy atom. The molecule has 2 aromatic rings. The van der Waals surface area contributed by atoms with E-state index < -0.39 is 0 Å². The maximum atomic E-state index is 12.5. The van der Waals surface area contributed by atoms with Crippen LogP contribution >= 0.6 is 0 Å². The van der Waals surface area contributed by atoms with Gasteiger partial charge in [-0.05, 0) is 38.8 Å². The minimum Gasteiger partial charge on any atom is -0.361 e. The van der Waals surface area contributed by atoms with Gasteiger partial charge in [0.15, 0.2) is 0 Å². The highest BCUT2D eigenvalue weighted by Crippen LogP contribution is 2.35. The Kier molecular flexibility index (Phi) is 3.64. The summed E-state index contributed by atoms with van der Waals surface area (Å²) in [4.78, 5) is 14.4. The van der Waals surface area contributed by atoms with Crippen LogP contribution < -0.4 is 5.32 Å². The molecule has 21 heavy (non-hydrogen) atoms. The van der Waals surface area contributed by atoms with Gasteiger partial charge in [0.2, 0.25) is 0 Å². The first-order valence-electron chi connectivity index (χ1n) is 7.22. The third-order valence-electron chi connectivity index (χ3n) is 3.96. The summed E-state index contributed by atoms with van der Waals surface area (Å²) >= 11 is 0. The first-order valence-corrected chi connectivity index (χ1v) is 7.22. The van der Waals surface area contributed by atoms with Crippen LogP contribution in [0.2, 0.25) is 0 Å². The van der Waals surface area contributed by atoms with Crippen molar-refractivity contribution in [2.45, 2.75) is 32.7 Å². The van der Waals surface area contributed by atoms with E-state index in [2.05, 4.69) is 10.5 Å². The molecule has 1 fully saturated rings. The fourth-order valence-electron chi connectivity index (χ4n) is 2.99. The highest BCUT2D eigenvalue weighted by atomic mass is 16.5. The van der Waals surface area contributed by atoms with Crippen molar-refractivity contribution in [2.24, 2.45) is 0 Å². The Morgan fingerprint density at radius 2 is 2.10 bits per heavy atom. The van der Waals surface area contributed by atoms with E-state index in [0.717, 1.165) is 42.1 Å². The Morgan fingerprint density at radius 3 is 2.76 bits per heavy atom. The van der Waals surface area contributed by atoms with E-state index in [1.807, 2.05) is 49.1 Å². The maximum absolute atomic E-state index is 12.5. The molecular weight excluding hydrogens is 266 g/mol. The van der Waals surface area contributed by atoms with Gasteiger partial charge in [-0.2, -0.15) is 0 Å². The average Bonchev–Trinajstić information content (AvgIpc) is 3.07. The van der Waals surface area contributed by atoms with Crippen LogP contribution in [0.5, 0.6) is 0 Å². The number of nitrogens with one attached hydrogen (secondary N) is 1. The first kappa shape index (κ1) is 13.7. The molecule has 0 spiro atoms. The van der Waals surface area contributed by atoms with Gasteiger partial charge in [0.1, 0.15) is 5.76 Å². The highest BCUT2D eigenvalue weighted by Gasteiger charge is 2.33. The number of carbonyl (C=O) groups is 1. The van der Waals surface area contributed by atoms with Crippen LogP contribution in [0.25, 0.3) is 0 Å². The molecule has 2 amide bonds. The number of hydrogen-bond acceptors (Lipinski definition) is 3. The predicted octanol–water partition coefficient (Wildman–Crippen LogP) is 3.66. The molecule has 1 aromatic carbocycles. The molecule has 3 rings (SSSR count). The number of likely N-dealkylation sites (tertiary alicyclic amines) is 1. The number of hydrogen-bond donors (Lipinski definition) is 1. The Labute approximate surface area is 123 Å². The van der Waals surface area contributed by atoms with Gasteiger partial charge in [0.05, 0.1) is 11.7 Å². The van der Waals surface area contributed by atoms with Crippen molar-refractivity contribution >= 4 is 11.7 Å². The molecule has 2 heterocycles. The number of aryl methyl sites for hydroxylation is 2. The molecule has 0 aliphatic carbocycles. The van der Waals surface area contributed by atoms with E-state index >= 15 is 0 Å². The van der Waals surface area contributed by atoms with Gasteiger partial charge in [0.25, 0.3) is 0 Å². The summed E-state index contributed by atoms with van der Waals surface area (Å²) in [6.07, 6.45) is 1.95. The Hall–Kier alpha value is -2.30. The predicted molar refractivity (Wildman–Crippen MR) is 80.1 cm³/mol. The number of para-hydroxylation sites is 1. The van der Waals surface area contributed by atoms with E-state index in [0.29, 0.717) is 0 Å². The van der Waals surface area contributed by atoms with E-state index in [1.165, 1.54) is 0 Å². The number of urea groups is 1. The molecule has 1 N–H and O–H groups in total. The number of amides is 2. The molecule has 1 aromatic heterocycles.